The molecule has 1 N–H and O–H groups in total. The van der Waals surface area contributed by atoms with Gasteiger partial charge in [-0.2, -0.15) is 0 Å². The number of pyridine rings is 1. The van der Waals surface area contributed by atoms with Gasteiger partial charge in [0.2, 0.25) is 5.91 Å². The van der Waals surface area contributed by atoms with Gasteiger partial charge in [-0.1, -0.05) is 35.9 Å². The summed E-state index contributed by atoms with van der Waals surface area (Å²) in [6.07, 6.45) is 3.40. The van der Waals surface area contributed by atoms with Crippen LogP contribution < -0.4 is 10.2 Å². The zero-order chi connectivity index (χ0) is 24.1. The fraction of sp³-hybridized carbons (Fsp3) is 0.192. The van der Waals surface area contributed by atoms with Crippen LogP contribution in [-0.4, -0.2) is 41.2 Å². The Morgan fingerprint density at radius 3 is 2.41 bits per heavy atom. The summed E-state index contributed by atoms with van der Waals surface area (Å²) in [5.74, 6) is -1.65. The van der Waals surface area contributed by atoms with E-state index in [2.05, 4.69) is 10.3 Å². The van der Waals surface area contributed by atoms with Gasteiger partial charge >= 0.3 is 5.97 Å². The molecule has 1 atom stereocenters. The molecule has 0 radical (unpaired) electrons. The van der Waals surface area contributed by atoms with Crippen molar-refractivity contribution in [3.63, 3.8) is 0 Å². The van der Waals surface area contributed by atoms with Gasteiger partial charge in [0.15, 0.2) is 12.4 Å². The Hall–Kier alpha value is -4.17. The first-order valence-corrected chi connectivity index (χ1v) is 10.8. The minimum atomic E-state index is -0.665. The van der Waals surface area contributed by atoms with E-state index in [1.54, 1.807) is 30.6 Å². The summed E-state index contributed by atoms with van der Waals surface area (Å²) in [5, 5.41) is 3.09. The molecule has 172 valence electrons. The van der Waals surface area contributed by atoms with E-state index in [1.165, 1.54) is 24.3 Å². The summed E-state index contributed by atoms with van der Waals surface area (Å²) in [6.45, 7) is 1.95. The minimum absolute atomic E-state index is 0.0456. The molecule has 1 fully saturated rings. The first-order valence-electron chi connectivity index (χ1n) is 10.8. The van der Waals surface area contributed by atoms with Crippen LogP contribution in [-0.2, 0) is 20.9 Å². The molecule has 0 bridgehead atoms. The monoisotopic (exact) mass is 457 g/mol. The van der Waals surface area contributed by atoms with E-state index in [4.69, 9.17) is 4.74 Å². The number of esters is 1. The van der Waals surface area contributed by atoms with Crippen LogP contribution in [0.5, 0.6) is 0 Å². The maximum absolute atomic E-state index is 12.8. The molecule has 0 aliphatic carbocycles. The lowest BCUT2D eigenvalue weighted by Gasteiger charge is -2.16. The summed E-state index contributed by atoms with van der Waals surface area (Å²) in [7, 11) is 0. The molecule has 2 aromatic carbocycles. The number of carbonyl (C=O) groups excluding carboxylic acids is 4. The van der Waals surface area contributed by atoms with Crippen molar-refractivity contribution >= 4 is 29.3 Å². The SMILES string of the molecule is Cc1ccc(C(=O)COC(=O)c2ccc(N3C(=O)CC(NCc4cccnc4)C3=O)cc2)cc1. The first kappa shape index (κ1) is 23.0. The number of nitrogens with zero attached hydrogens (tertiary/aromatic N) is 2. The van der Waals surface area contributed by atoms with Crippen LogP contribution in [0.1, 0.15) is 38.3 Å². The summed E-state index contributed by atoms with van der Waals surface area (Å²) in [5.41, 5.74) is 2.98. The quantitative estimate of drug-likeness (QED) is 0.315. The Morgan fingerprint density at radius 2 is 1.74 bits per heavy atom. The molecule has 2 heterocycles. The number of ether oxygens (including phenoxy) is 1. The van der Waals surface area contributed by atoms with Gasteiger partial charge in [-0.05, 0) is 42.8 Å². The molecule has 0 spiro atoms. The van der Waals surface area contributed by atoms with Crippen molar-refractivity contribution < 1.29 is 23.9 Å². The second-order valence-electron chi connectivity index (χ2n) is 7.98. The van der Waals surface area contributed by atoms with Gasteiger partial charge in [0.1, 0.15) is 0 Å². The van der Waals surface area contributed by atoms with Gasteiger partial charge in [0.25, 0.3) is 5.91 Å². The van der Waals surface area contributed by atoms with Crippen molar-refractivity contribution in [1.29, 1.82) is 0 Å². The Bertz CT molecular complexity index is 1210. The Morgan fingerprint density at radius 1 is 1.03 bits per heavy atom. The van der Waals surface area contributed by atoms with Crippen molar-refractivity contribution in [2.75, 3.05) is 11.5 Å². The molecule has 1 saturated heterocycles. The number of amides is 2. The highest BCUT2D eigenvalue weighted by Gasteiger charge is 2.39. The lowest BCUT2D eigenvalue weighted by atomic mass is 10.1. The molecule has 8 heteroatoms. The maximum atomic E-state index is 12.8. The molecule has 1 unspecified atom stereocenters. The van der Waals surface area contributed by atoms with Crippen LogP contribution in [0.25, 0.3) is 0 Å². The van der Waals surface area contributed by atoms with Crippen LogP contribution >= 0.6 is 0 Å². The first-order chi connectivity index (χ1) is 16.4. The predicted octanol–water partition coefficient (Wildman–Crippen LogP) is 2.85. The number of rotatable bonds is 8. The number of hydrogen-bond donors (Lipinski definition) is 1. The van der Waals surface area contributed by atoms with Crippen LogP contribution in [0, 0.1) is 6.92 Å². The van der Waals surface area contributed by atoms with E-state index in [1.807, 2.05) is 25.1 Å². The van der Waals surface area contributed by atoms with Crippen molar-refractivity contribution in [2.24, 2.45) is 0 Å². The maximum Gasteiger partial charge on any atom is 0.338 e. The van der Waals surface area contributed by atoms with E-state index >= 15 is 0 Å². The average Bonchev–Trinajstić information content (AvgIpc) is 3.15. The number of aryl methyl sites for hydroxylation is 1. The normalized spacial score (nSPS) is 15.4. The summed E-state index contributed by atoms with van der Waals surface area (Å²) < 4.78 is 5.12. The van der Waals surface area contributed by atoms with E-state index < -0.39 is 12.0 Å². The summed E-state index contributed by atoms with van der Waals surface area (Å²) in [4.78, 5) is 54.9. The van der Waals surface area contributed by atoms with Gasteiger partial charge in [-0.3, -0.25) is 19.4 Å². The minimum Gasteiger partial charge on any atom is -0.454 e. The van der Waals surface area contributed by atoms with Gasteiger partial charge in [0, 0.05) is 24.5 Å². The van der Waals surface area contributed by atoms with E-state index in [0.29, 0.717) is 17.8 Å². The molecule has 1 aliphatic rings. The highest BCUT2D eigenvalue weighted by molar-refractivity contribution is 6.22. The van der Waals surface area contributed by atoms with Crippen molar-refractivity contribution in [2.45, 2.75) is 25.9 Å². The Kier molecular flexibility index (Phi) is 6.89. The number of Topliss-reactive ketones (excluding diaryl/α,β-unsaturated/α-hetero) is 1. The number of benzene rings is 2. The predicted molar refractivity (Wildman–Crippen MR) is 124 cm³/mol. The number of anilines is 1. The highest BCUT2D eigenvalue weighted by atomic mass is 16.5. The number of hydrogen-bond acceptors (Lipinski definition) is 7. The van der Waals surface area contributed by atoms with Crippen molar-refractivity contribution in [3.8, 4) is 0 Å². The average molecular weight is 457 g/mol. The molecular formula is C26H23N3O5. The van der Waals surface area contributed by atoms with Crippen LogP contribution in [0.15, 0.2) is 73.1 Å². The van der Waals surface area contributed by atoms with Crippen molar-refractivity contribution in [3.05, 3.63) is 95.3 Å². The van der Waals surface area contributed by atoms with Crippen LogP contribution in [0.3, 0.4) is 0 Å². The third-order valence-electron chi connectivity index (χ3n) is 5.49. The molecule has 4 rings (SSSR count). The highest BCUT2D eigenvalue weighted by Crippen LogP contribution is 2.24. The number of imide groups is 1. The zero-order valence-corrected chi connectivity index (χ0v) is 18.6. The number of ketones is 1. The molecule has 0 saturated carbocycles. The largest absolute Gasteiger partial charge is 0.454 e. The summed E-state index contributed by atoms with van der Waals surface area (Å²) >= 11 is 0. The fourth-order valence-electron chi connectivity index (χ4n) is 3.59. The second kappa shape index (κ2) is 10.2. The third-order valence-corrected chi connectivity index (χ3v) is 5.49. The van der Waals surface area contributed by atoms with Gasteiger partial charge in [0.05, 0.1) is 23.7 Å². The van der Waals surface area contributed by atoms with Gasteiger partial charge in [-0.15, -0.1) is 0 Å². The molecule has 3 aromatic rings. The van der Waals surface area contributed by atoms with E-state index in [9.17, 15) is 19.2 Å². The van der Waals surface area contributed by atoms with E-state index in [-0.39, 0.29) is 36.2 Å². The van der Waals surface area contributed by atoms with E-state index in [0.717, 1.165) is 16.0 Å². The topological polar surface area (TPSA) is 106 Å². The van der Waals surface area contributed by atoms with Gasteiger partial charge in [-0.25, -0.2) is 9.69 Å². The molecule has 8 nitrogen and oxygen atoms in total. The van der Waals surface area contributed by atoms with Crippen LogP contribution in [0.4, 0.5) is 5.69 Å². The van der Waals surface area contributed by atoms with Gasteiger partial charge < -0.3 is 10.1 Å². The molecule has 34 heavy (non-hydrogen) atoms. The molecular weight excluding hydrogens is 434 g/mol. The lowest BCUT2D eigenvalue weighted by molar-refractivity contribution is -0.121. The fourth-order valence-corrected chi connectivity index (χ4v) is 3.59. The number of aromatic nitrogens is 1. The standard InChI is InChI=1S/C26H23N3O5/c1-17-4-6-19(7-5-17)23(30)16-34-26(33)20-8-10-21(11-9-20)29-24(31)13-22(25(29)32)28-15-18-3-2-12-27-14-18/h2-12,14,22,28H,13,15-16H2,1H3. The molecule has 1 aliphatic heterocycles. The van der Waals surface area contributed by atoms with Crippen molar-refractivity contribution in [1.82, 2.24) is 10.3 Å². The molecule has 1 aromatic heterocycles. The lowest BCUT2D eigenvalue weighted by Crippen LogP contribution is -2.38. The summed E-state index contributed by atoms with van der Waals surface area (Å²) in [6, 6.07) is 16.0. The zero-order valence-electron chi connectivity index (χ0n) is 18.6. The number of nitrogens with one attached hydrogen (secondary N) is 1. The number of carbonyl (C=O) groups is 4. The molecule has 2 amide bonds. The Labute approximate surface area is 196 Å². The second-order valence-corrected chi connectivity index (χ2v) is 7.98. The smallest absolute Gasteiger partial charge is 0.338 e. The van der Waals surface area contributed by atoms with Crippen LogP contribution in [0.2, 0.25) is 0 Å². The third kappa shape index (κ3) is 5.24. The Balaban J connectivity index is 1.34.